The van der Waals surface area contributed by atoms with Crippen LogP contribution in [0, 0.1) is 56.4 Å². The van der Waals surface area contributed by atoms with Gasteiger partial charge in [-0.25, -0.2) is 0 Å². The van der Waals surface area contributed by atoms with E-state index >= 15 is 0 Å². The fourth-order valence-corrected chi connectivity index (χ4v) is 5.53. The minimum absolute atomic E-state index is 0. The Bertz CT molecular complexity index is 1520. The number of fused-ring (bicyclic) bond motifs is 2. The first-order valence-corrected chi connectivity index (χ1v) is 12.8. The van der Waals surface area contributed by atoms with Gasteiger partial charge in [0.2, 0.25) is 0 Å². The van der Waals surface area contributed by atoms with E-state index in [0.29, 0.717) is 0 Å². The van der Waals surface area contributed by atoms with Crippen molar-refractivity contribution in [3.63, 3.8) is 0 Å². The molecule has 0 unspecified atom stereocenters. The molecule has 0 saturated heterocycles. The van der Waals surface area contributed by atoms with Crippen molar-refractivity contribution >= 4 is 21.5 Å². The van der Waals surface area contributed by atoms with Crippen LogP contribution in [0.5, 0.6) is 0 Å². The average Bonchev–Trinajstić information content (AvgIpc) is 3.38. The molecule has 0 bridgehead atoms. The summed E-state index contributed by atoms with van der Waals surface area (Å²) in [7, 11) is 0. The second-order valence-electron chi connectivity index (χ2n) is 10.4. The third-order valence-electron chi connectivity index (χ3n) is 6.86. The van der Waals surface area contributed by atoms with Gasteiger partial charge in [0.05, 0.1) is 0 Å². The summed E-state index contributed by atoms with van der Waals surface area (Å²) in [5.41, 5.74) is 13.3. The summed E-state index contributed by atoms with van der Waals surface area (Å²) >= 11 is 0. The molecule has 6 aromatic rings. The number of benzene rings is 4. The maximum absolute atomic E-state index is 2.28. The van der Waals surface area contributed by atoms with Crippen molar-refractivity contribution in [1.82, 2.24) is 0 Å². The summed E-state index contributed by atoms with van der Waals surface area (Å²) < 4.78 is 0. The van der Waals surface area contributed by atoms with E-state index in [1.165, 1.54) is 77.2 Å². The van der Waals surface area contributed by atoms with E-state index in [2.05, 4.69) is 139 Å². The van der Waals surface area contributed by atoms with Crippen molar-refractivity contribution in [2.75, 3.05) is 0 Å². The van der Waals surface area contributed by atoms with Crippen LogP contribution in [0.1, 0.15) is 33.4 Å². The first kappa shape index (κ1) is 32.2. The standard InChI is InChI=1S/2C18H17.2CH3.Zr/c2*1-12-7-13(2)10-16(9-12)17-6-4-5-15-8-14(3)11-18(15)17;;;/h2*4-11H,1-3H3;2*1H3;/q4*-1;+4. The minimum Gasteiger partial charge on any atom is -0.358 e. The van der Waals surface area contributed by atoms with Gasteiger partial charge in [0.1, 0.15) is 0 Å². The van der Waals surface area contributed by atoms with Gasteiger partial charge in [-0.3, -0.25) is 0 Å². The first-order valence-electron chi connectivity index (χ1n) is 12.8. The maximum Gasteiger partial charge on any atom is 4.00 e. The summed E-state index contributed by atoms with van der Waals surface area (Å²) in [5, 5.41) is 5.40. The maximum atomic E-state index is 2.28. The van der Waals surface area contributed by atoms with Gasteiger partial charge < -0.3 is 14.9 Å². The Morgan fingerprint density at radius 3 is 1.10 bits per heavy atom. The van der Waals surface area contributed by atoms with E-state index in [-0.39, 0.29) is 41.1 Å². The first-order chi connectivity index (χ1) is 17.3. The predicted octanol–water partition coefficient (Wildman–Crippen LogP) is 11.2. The molecule has 0 heterocycles. The quantitative estimate of drug-likeness (QED) is 0.177. The topological polar surface area (TPSA) is 0 Å². The van der Waals surface area contributed by atoms with Gasteiger partial charge in [-0.05, 0) is 38.8 Å². The van der Waals surface area contributed by atoms with E-state index in [9.17, 15) is 0 Å². The number of hydrogen-bond donors (Lipinski definition) is 0. The molecule has 0 N–H and O–H groups in total. The van der Waals surface area contributed by atoms with E-state index in [1.54, 1.807) is 0 Å². The second-order valence-corrected chi connectivity index (χ2v) is 10.4. The Kier molecular flexibility index (Phi) is 11.0. The van der Waals surface area contributed by atoms with Crippen molar-refractivity contribution in [2.24, 2.45) is 0 Å². The Balaban J connectivity index is 0.000000254. The molecule has 0 aliphatic carbocycles. The van der Waals surface area contributed by atoms with Gasteiger partial charge in [-0.1, -0.05) is 95.8 Å². The van der Waals surface area contributed by atoms with Crippen LogP contribution in [0.15, 0.2) is 97.1 Å². The predicted molar refractivity (Wildman–Crippen MR) is 171 cm³/mol. The van der Waals surface area contributed by atoms with E-state index in [1.807, 2.05) is 0 Å². The Labute approximate surface area is 255 Å². The summed E-state index contributed by atoms with van der Waals surface area (Å²) in [4.78, 5) is 0. The molecule has 0 nitrogen and oxygen atoms in total. The molecule has 0 fully saturated rings. The van der Waals surface area contributed by atoms with E-state index < -0.39 is 0 Å². The monoisotopic (exact) mass is 586 g/mol. The van der Waals surface area contributed by atoms with E-state index in [0.717, 1.165) is 0 Å². The molecule has 0 radical (unpaired) electrons. The van der Waals surface area contributed by atoms with Gasteiger partial charge in [-0.2, -0.15) is 12.1 Å². The SMILES string of the molecule is Cc1cc(C)cc(-c2cccc3[cH-]c(C)cc23)c1.Cc1cc(C)cc(-c2cccc3[cH-]c(C)cc23)c1.[CH3-].[CH3-].[Zr+4]. The molecular weight excluding hydrogens is 548 g/mol. The summed E-state index contributed by atoms with van der Waals surface area (Å²) in [6.45, 7) is 13.0. The van der Waals surface area contributed by atoms with Crippen LogP contribution in [0.2, 0.25) is 0 Å². The summed E-state index contributed by atoms with van der Waals surface area (Å²) in [5.74, 6) is 0. The molecule has 0 aromatic heterocycles. The number of hydrogen-bond acceptors (Lipinski definition) is 0. The molecular formula is C38H40Zr. The Hall–Kier alpha value is -3.02. The summed E-state index contributed by atoms with van der Waals surface area (Å²) in [6.07, 6.45) is 0. The van der Waals surface area contributed by atoms with Crippen molar-refractivity contribution in [1.29, 1.82) is 0 Å². The molecule has 196 valence electrons. The zero-order valence-electron chi connectivity index (χ0n) is 24.7. The zero-order valence-corrected chi connectivity index (χ0v) is 27.2. The molecule has 0 aliphatic rings. The van der Waals surface area contributed by atoms with Crippen molar-refractivity contribution in [2.45, 2.75) is 41.5 Å². The van der Waals surface area contributed by atoms with Crippen LogP contribution >= 0.6 is 0 Å². The molecule has 39 heavy (non-hydrogen) atoms. The van der Waals surface area contributed by atoms with E-state index in [4.69, 9.17) is 0 Å². The fraction of sp³-hybridized carbons (Fsp3) is 0.158. The van der Waals surface area contributed by atoms with Gasteiger partial charge in [0.15, 0.2) is 0 Å². The second kappa shape index (κ2) is 13.4. The van der Waals surface area contributed by atoms with Crippen molar-refractivity contribution in [3.05, 3.63) is 145 Å². The molecule has 1 heteroatoms. The molecule has 0 atom stereocenters. The van der Waals surface area contributed by atoms with Crippen LogP contribution in [-0.2, 0) is 26.2 Å². The van der Waals surface area contributed by atoms with Crippen LogP contribution in [0.4, 0.5) is 0 Å². The Morgan fingerprint density at radius 1 is 0.436 bits per heavy atom. The normalized spacial score (nSPS) is 10.2. The molecule has 6 rings (SSSR count). The number of rotatable bonds is 2. The molecule has 6 aromatic carbocycles. The largest absolute Gasteiger partial charge is 4.00 e. The van der Waals surface area contributed by atoms with Crippen molar-refractivity contribution < 1.29 is 26.2 Å². The third kappa shape index (κ3) is 7.14. The van der Waals surface area contributed by atoms with Crippen LogP contribution < -0.4 is 0 Å². The van der Waals surface area contributed by atoms with Gasteiger partial charge in [-0.15, -0.1) is 69.1 Å². The molecule has 0 amide bonds. The van der Waals surface area contributed by atoms with Crippen LogP contribution in [-0.4, -0.2) is 0 Å². The van der Waals surface area contributed by atoms with Crippen LogP contribution in [0.25, 0.3) is 43.8 Å². The molecule has 0 aliphatic heterocycles. The smallest absolute Gasteiger partial charge is 0.358 e. The van der Waals surface area contributed by atoms with Gasteiger partial charge >= 0.3 is 26.2 Å². The fourth-order valence-electron chi connectivity index (χ4n) is 5.53. The van der Waals surface area contributed by atoms with Gasteiger partial charge in [0, 0.05) is 0 Å². The van der Waals surface area contributed by atoms with Crippen molar-refractivity contribution in [3.8, 4) is 22.3 Å². The average molecular weight is 588 g/mol. The van der Waals surface area contributed by atoms with Crippen LogP contribution in [0.3, 0.4) is 0 Å². The van der Waals surface area contributed by atoms with Gasteiger partial charge in [0.25, 0.3) is 0 Å². The molecule has 0 saturated carbocycles. The third-order valence-corrected chi connectivity index (χ3v) is 6.86. The minimum atomic E-state index is 0. The molecule has 0 spiro atoms. The number of aryl methyl sites for hydroxylation is 6. The zero-order chi connectivity index (χ0) is 25.4. The summed E-state index contributed by atoms with van der Waals surface area (Å²) in [6, 6.07) is 35.7. The Morgan fingerprint density at radius 2 is 0.769 bits per heavy atom.